The van der Waals surface area contributed by atoms with Crippen molar-refractivity contribution in [3.05, 3.63) is 29.8 Å². The summed E-state index contributed by atoms with van der Waals surface area (Å²) in [7, 11) is 1.87. The minimum absolute atomic E-state index is 0. The third kappa shape index (κ3) is 3.57. The second-order valence-corrected chi connectivity index (χ2v) is 6.48. The maximum atomic E-state index is 12.7. The summed E-state index contributed by atoms with van der Waals surface area (Å²) in [5.41, 5.74) is 2.11. The number of hydrogen-bond acceptors (Lipinski definition) is 3. The van der Waals surface area contributed by atoms with Crippen molar-refractivity contribution in [2.45, 2.75) is 32.2 Å². The van der Waals surface area contributed by atoms with Crippen molar-refractivity contribution >= 4 is 29.9 Å². The third-order valence-electron chi connectivity index (χ3n) is 5.07. The van der Waals surface area contributed by atoms with Crippen LogP contribution in [0, 0.1) is 5.92 Å². The van der Waals surface area contributed by atoms with E-state index in [2.05, 4.69) is 12.2 Å². The van der Waals surface area contributed by atoms with Crippen LogP contribution in [0.4, 0.5) is 5.69 Å². The van der Waals surface area contributed by atoms with Crippen LogP contribution in [0.1, 0.15) is 25.3 Å². The van der Waals surface area contributed by atoms with Crippen LogP contribution in [0.2, 0.25) is 0 Å². The minimum atomic E-state index is -0.224. The molecule has 2 aliphatic heterocycles. The number of para-hydroxylation sites is 1. The van der Waals surface area contributed by atoms with Gasteiger partial charge < -0.3 is 15.1 Å². The van der Waals surface area contributed by atoms with Crippen molar-refractivity contribution in [1.82, 2.24) is 10.2 Å². The van der Waals surface area contributed by atoms with Crippen LogP contribution in [0.15, 0.2) is 24.3 Å². The van der Waals surface area contributed by atoms with Crippen LogP contribution in [0.5, 0.6) is 0 Å². The maximum absolute atomic E-state index is 12.7. The molecule has 0 aromatic heterocycles. The quantitative estimate of drug-likeness (QED) is 0.900. The number of nitrogens with zero attached hydrogens (tertiary/aromatic N) is 2. The van der Waals surface area contributed by atoms with E-state index in [4.69, 9.17) is 0 Å². The van der Waals surface area contributed by atoms with Crippen molar-refractivity contribution in [2.24, 2.45) is 5.92 Å². The summed E-state index contributed by atoms with van der Waals surface area (Å²) in [5, 5.41) is 3.29. The number of hydrogen-bond donors (Lipinski definition) is 1. The predicted molar refractivity (Wildman–Crippen MR) is 97.6 cm³/mol. The van der Waals surface area contributed by atoms with Gasteiger partial charge in [0, 0.05) is 38.3 Å². The molecule has 1 aromatic rings. The van der Waals surface area contributed by atoms with E-state index >= 15 is 0 Å². The number of likely N-dealkylation sites (N-methyl/N-ethyl adjacent to an activating group) is 1. The molecule has 0 spiro atoms. The van der Waals surface area contributed by atoms with Crippen molar-refractivity contribution in [2.75, 3.05) is 31.6 Å². The standard InChI is InChI=1S/C18H25N3O2.ClH/c1-3-13-6-4-5-7-16(13)21-12-14(10-17(21)22)18(23)20(2)15-8-9-19-11-15;/h4-7,14-15,19H,3,8-12H2,1-2H3;1H. The topological polar surface area (TPSA) is 52.7 Å². The van der Waals surface area contributed by atoms with Gasteiger partial charge in [-0.1, -0.05) is 25.1 Å². The second kappa shape index (κ2) is 7.99. The van der Waals surface area contributed by atoms with Gasteiger partial charge in [0.1, 0.15) is 0 Å². The molecule has 2 amide bonds. The second-order valence-electron chi connectivity index (χ2n) is 6.48. The highest BCUT2D eigenvalue weighted by Crippen LogP contribution is 2.29. The van der Waals surface area contributed by atoms with Crippen LogP contribution in [-0.4, -0.2) is 49.4 Å². The Hall–Kier alpha value is -1.59. The normalized spacial score (nSPS) is 23.2. The van der Waals surface area contributed by atoms with Crippen molar-refractivity contribution in [3.63, 3.8) is 0 Å². The molecule has 2 heterocycles. The number of aryl methyl sites for hydroxylation is 1. The van der Waals surface area contributed by atoms with E-state index < -0.39 is 0 Å². The molecule has 1 N–H and O–H groups in total. The Morgan fingerprint density at radius 2 is 2.12 bits per heavy atom. The molecule has 132 valence electrons. The summed E-state index contributed by atoms with van der Waals surface area (Å²) in [5.74, 6) is -0.0660. The highest BCUT2D eigenvalue weighted by atomic mass is 35.5. The number of carbonyl (C=O) groups is 2. The summed E-state index contributed by atoms with van der Waals surface area (Å²) in [4.78, 5) is 28.8. The molecular formula is C18H26ClN3O2. The predicted octanol–water partition coefficient (Wildman–Crippen LogP) is 1.84. The van der Waals surface area contributed by atoms with Crippen LogP contribution < -0.4 is 10.2 Å². The van der Waals surface area contributed by atoms with Crippen LogP contribution >= 0.6 is 12.4 Å². The molecule has 2 fully saturated rings. The Morgan fingerprint density at radius 3 is 2.79 bits per heavy atom. The maximum Gasteiger partial charge on any atom is 0.228 e. The number of rotatable bonds is 4. The highest BCUT2D eigenvalue weighted by molar-refractivity contribution is 6.00. The summed E-state index contributed by atoms with van der Waals surface area (Å²) < 4.78 is 0. The lowest BCUT2D eigenvalue weighted by Crippen LogP contribution is -2.42. The fourth-order valence-corrected chi connectivity index (χ4v) is 3.62. The zero-order chi connectivity index (χ0) is 16.4. The Balaban J connectivity index is 0.00000208. The number of nitrogens with one attached hydrogen (secondary N) is 1. The van der Waals surface area contributed by atoms with Gasteiger partial charge in [0.25, 0.3) is 0 Å². The molecular weight excluding hydrogens is 326 g/mol. The van der Waals surface area contributed by atoms with Gasteiger partial charge in [0.2, 0.25) is 11.8 Å². The van der Waals surface area contributed by atoms with Gasteiger partial charge in [-0.15, -0.1) is 12.4 Å². The average Bonchev–Trinajstić information content (AvgIpc) is 3.23. The van der Waals surface area contributed by atoms with Crippen LogP contribution in [0.25, 0.3) is 0 Å². The highest BCUT2D eigenvalue weighted by Gasteiger charge is 2.38. The SMILES string of the molecule is CCc1ccccc1N1CC(C(=O)N(C)C2CCNC2)CC1=O.Cl. The number of benzene rings is 1. The van der Waals surface area contributed by atoms with Gasteiger partial charge in [0.05, 0.1) is 5.92 Å². The van der Waals surface area contributed by atoms with Crippen molar-refractivity contribution < 1.29 is 9.59 Å². The van der Waals surface area contributed by atoms with E-state index in [1.807, 2.05) is 36.2 Å². The zero-order valence-electron chi connectivity index (χ0n) is 14.3. The first-order valence-corrected chi connectivity index (χ1v) is 8.47. The van der Waals surface area contributed by atoms with Crippen LogP contribution in [0.3, 0.4) is 0 Å². The lowest BCUT2D eigenvalue weighted by atomic mass is 10.1. The van der Waals surface area contributed by atoms with E-state index in [0.717, 1.165) is 37.2 Å². The Labute approximate surface area is 149 Å². The summed E-state index contributed by atoms with van der Waals surface area (Å²) in [6.45, 7) is 4.40. The molecule has 24 heavy (non-hydrogen) atoms. The van der Waals surface area contributed by atoms with Crippen molar-refractivity contribution in [1.29, 1.82) is 0 Å². The number of carbonyl (C=O) groups excluding carboxylic acids is 2. The van der Waals surface area contributed by atoms with Gasteiger partial charge in [-0.05, 0) is 31.0 Å². The Kier molecular flexibility index (Phi) is 6.24. The molecule has 2 atom stereocenters. The summed E-state index contributed by atoms with van der Waals surface area (Å²) in [6, 6.07) is 8.23. The van der Waals surface area contributed by atoms with Crippen molar-refractivity contribution in [3.8, 4) is 0 Å². The number of amides is 2. The molecule has 3 rings (SSSR count). The van der Waals surface area contributed by atoms with E-state index in [1.54, 1.807) is 4.90 Å². The molecule has 0 radical (unpaired) electrons. The smallest absolute Gasteiger partial charge is 0.228 e. The van der Waals surface area contributed by atoms with Gasteiger partial charge in [0.15, 0.2) is 0 Å². The fraction of sp³-hybridized carbons (Fsp3) is 0.556. The molecule has 2 saturated heterocycles. The molecule has 6 heteroatoms. The van der Waals surface area contributed by atoms with E-state index in [0.29, 0.717) is 13.0 Å². The Morgan fingerprint density at radius 1 is 1.38 bits per heavy atom. The van der Waals surface area contributed by atoms with Crippen LogP contribution in [-0.2, 0) is 16.0 Å². The summed E-state index contributed by atoms with van der Waals surface area (Å²) in [6.07, 6.45) is 2.19. The molecule has 0 aliphatic carbocycles. The lowest BCUT2D eigenvalue weighted by molar-refractivity contribution is -0.136. The molecule has 1 aromatic carbocycles. The van der Waals surface area contributed by atoms with Gasteiger partial charge >= 0.3 is 0 Å². The Bertz CT molecular complexity index is 602. The average molecular weight is 352 g/mol. The molecule has 2 aliphatic rings. The fourth-order valence-electron chi connectivity index (χ4n) is 3.62. The first kappa shape index (κ1) is 18.7. The number of halogens is 1. The number of anilines is 1. The monoisotopic (exact) mass is 351 g/mol. The molecule has 0 bridgehead atoms. The molecule has 2 unspecified atom stereocenters. The zero-order valence-corrected chi connectivity index (χ0v) is 15.1. The lowest BCUT2D eigenvalue weighted by Gasteiger charge is -2.26. The van der Waals surface area contributed by atoms with E-state index in [-0.39, 0.29) is 36.2 Å². The first-order chi connectivity index (χ1) is 11.1. The van der Waals surface area contributed by atoms with Gasteiger partial charge in [-0.25, -0.2) is 0 Å². The third-order valence-corrected chi connectivity index (χ3v) is 5.07. The van der Waals surface area contributed by atoms with Gasteiger partial charge in [-0.3, -0.25) is 9.59 Å². The van der Waals surface area contributed by atoms with E-state index in [9.17, 15) is 9.59 Å². The van der Waals surface area contributed by atoms with E-state index in [1.165, 1.54) is 0 Å². The largest absolute Gasteiger partial charge is 0.341 e. The van der Waals surface area contributed by atoms with Gasteiger partial charge in [-0.2, -0.15) is 0 Å². The molecule has 0 saturated carbocycles. The first-order valence-electron chi connectivity index (χ1n) is 8.47. The summed E-state index contributed by atoms with van der Waals surface area (Å²) >= 11 is 0. The molecule has 5 nitrogen and oxygen atoms in total. The minimum Gasteiger partial charge on any atom is -0.341 e.